The van der Waals surface area contributed by atoms with Gasteiger partial charge < -0.3 is 9.84 Å². The van der Waals surface area contributed by atoms with Crippen molar-refractivity contribution < 1.29 is 4.52 Å². The van der Waals surface area contributed by atoms with Gasteiger partial charge in [0.1, 0.15) is 0 Å². The van der Waals surface area contributed by atoms with Crippen molar-refractivity contribution in [2.75, 3.05) is 13.1 Å². The van der Waals surface area contributed by atoms with E-state index in [2.05, 4.69) is 29.3 Å². The fourth-order valence-electron chi connectivity index (χ4n) is 1.94. The molecule has 1 aliphatic heterocycles. The normalized spacial score (nSPS) is 22.2. The van der Waals surface area contributed by atoms with E-state index in [4.69, 9.17) is 4.52 Å². The van der Waals surface area contributed by atoms with E-state index >= 15 is 0 Å². The first kappa shape index (κ1) is 10.6. The van der Waals surface area contributed by atoms with Gasteiger partial charge in [-0.25, -0.2) is 0 Å². The lowest BCUT2D eigenvalue weighted by Gasteiger charge is -2.19. The minimum absolute atomic E-state index is 0.448. The van der Waals surface area contributed by atoms with Crippen molar-refractivity contribution in [1.29, 1.82) is 0 Å². The first-order valence-electron chi connectivity index (χ1n) is 5.79. The van der Waals surface area contributed by atoms with Gasteiger partial charge in [-0.15, -0.1) is 0 Å². The van der Waals surface area contributed by atoms with Crippen LogP contribution in [0.2, 0.25) is 0 Å². The van der Waals surface area contributed by atoms with Crippen LogP contribution in [0.5, 0.6) is 0 Å². The molecule has 2 heterocycles. The van der Waals surface area contributed by atoms with Crippen LogP contribution in [0.25, 0.3) is 0 Å². The van der Waals surface area contributed by atoms with Crippen molar-refractivity contribution in [2.45, 2.75) is 39.0 Å². The Balaban J connectivity index is 1.99. The van der Waals surface area contributed by atoms with E-state index in [-0.39, 0.29) is 0 Å². The van der Waals surface area contributed by atoms with Gasteiger partial charge in [0, 0.05) is 18.9 Å². The van der Waals surface area contributed by atoms with Gasteiger partial charge in [-0.05, 0) is 25.3 Å². The van der Waals surface area contributed by atoms with Crippen molar-refractivity contribution in [1.82, 2.24) is 15.5 Å². The van der Waals surface area contributed by atoms with Crippen molar-refractivity contribution >= 4 is 0 Å². The molecule has 0 saturated carbocycles. The molecule has 1 saturated heterocycles. The number of hydrogen-bond acceptors (Lipinski definition) is 4. The van der Waals surface area contributed by atoms with Crippen LogP contribution in [0.4, 0.5) is 0 Å². The maximum atomic E-state index is 5.24. The number of nitrogens with zero attached hydrogens (tertiary/aromatic N) is 2. The molecule has 0 aromatic carbocycles. The molecule has 15 heavy (non-hydrogen) atoms. The van der Waals surface area contributed by atoms with E-state index in [9.17, 15) is 0 Å². The van der Waals surface area contributed by atoms with Gasteiger partial charge in [0.25, 0.3) is 0 Å². The molecule has 0 aliphatic carbocycles. The first-order valence-corrected chi connectivity index (χ1v) is 5.79. The average molecular weight is 209 g/mol. The quantitative estimate of drug-likeness (QED) is 0.823. The van der Waals surface area contributed by atoms with Gasteiger partial charge in [0.2, 0.25) is 5.89 Å². The lowest BCUT2D eigenvalue weighted by atomic mass is 9.99. The Kier molecular flexibility index (Phi) is 3.36. The molecule has 4 heteroatoms. The Bertz CT molecular complexity index is 303. The minimum Gasteiger partial charge on any atom is -0.339 e. The molecule has 1 N–H and O–H groups in total. The average Bonchev–Trinajstić information content (AvgIpc) is 2.67. The van der Waals surface area contributed by atoms with Gasteiger partial charge in [0.15, 0.2) is 5.82 Å². The van der Waals surface area contributed by atoms with Crippen molar-refractivity contribution in [3.63, 3.8) is 0 Å². The number of nitrogens with one attached hydrogen (secondary N) is 1. The third-order valence-corrected chi connectivity index (χ3v) is 2.73. The third kappa shape index (κ3) is 2.78. The lowest BCUT2D eigenvalue weighted by molar-refractivity contribution is 0.350. The van der Waals surface area contributed by atoms with Gasteiger partial charge in [-0.1, -0.05) is 19.0 Å². The molecular weight excluding hydrogens is 190 g/mol. The van der Waals surface area contributed by atoms with Crippen LogP contribution >= 0.6 is 0 Å². The maximum absolute atomic E-state index is 5.24. The molecule has 0 bridgehead atoms. The fraction of sp³-hybridized carbons (Fsp3) is 0.818. The molecule has 1 fully saturated rings. The summed E-state index contributed by atoms with van der Waals surface area (Å²) in [6, 6.07) is 0. The maximum Gasteiger partial charge on any atom is 0.226 e. The van der Waals surface area contributed by atoms with Crippen LogP contribution in [0.1, 0.15) is 44.3 Å². The molecule has 84 valence electrons. The second-order valence-electron chi connectivity index (χ2n) is 4.69. The molecule has 4 nitrogen and oxygen atoms in total. The predicted molar refractivity (Wildman–Crippen MR) is 57.7 cm³/mol. The van der Waals surface area contributed by atoms with Crippen molar-refractivity contribution in [3.05, 3.63) is 11.7 Å². The summed E-state index contributed by atoms with van der Waals surface area (Å²) in [6.45, 7) is 6.42. The summed E-state index contributed by atoms with van der Waals surface area (Å²) in [4.78, 5) is 4.46. The zero-order chi connectivity index (χ0) is 10.7. The number of hydrogen-bond donors (Lipinski definition) is 1. The van der Waals surface area contributed by atoms with Gasteiger partial charge in [0.05, 0.1) is 0 Å². The van der Waals surface area contributed by atoms with Crippen LogP contribution in [-0.2, 0) is 6.42 Å². The summed E-state index contributed by atoms with van der Waals surface area (Å²) in [5.74, 6) is 2.69. The van der Waals surface area contributed by atoms with Crippen LogP contribution in [-0.4, -0.2) is 23.2 Å². The monoisotopic (exact) mass is 209 g/mol. The zero-order valence-corrected chi connectivity index (χ0v) is 9.49. The molecule has 0 unspecified atom stereocenters. The Labute approximate surface area is 90.4 Å². The molecule has 0 radical (unpaired) electrons. The number of piperidine rings is 1. The Morgan fingerprint density at radius 1 is 1.53 bits per heavy atom. The highest BCUT2D eigenvalue weighted by Gasteiger charge is 2.20. The Hall–Kier alpha value is -0.900. The number of rotatable bonds is 3. The van der Waals surface area contributed by atoms with Gasteiger partial charge in [-0.3, -0.25) is 0 Å². The third-order valence-electron chi connectivity index (χ3n) is 2.73. The molecular formula is C11H19N3O. The summed E-state index contributed by atoms with van der Waals surface area (Å²) in [5, 5.41) is 7.43. The van der Waals surface area contributed by atoms with E-state index < -0.39 is 0 Å². The van der Waals surface area contributed by atoms with E-state index in [0.717, 1.165) is 31.2 Å². The smallest absolute Gasteiger partial charge is 0.226 e. The summed E-state index contributed by atoms with van der Waals surface area (Å²) in [6.07, 6.45) is 3.26. The van der Waals surface area contributed by atoms with E-state index in [1.54, 1.807) is 0 Å². The SMILES string of the molecule is CC(C)Cc1nc([C@@H]2CCCNC2)no1. The van der Waals surface area contributed by atoms with Crippen LogP contribution in [0, 0.1) is 5.92 Å². The second kappa shape index (κ2) is 4.75. The van der Waals surface area contributed by atoms with Crippen LogP contribution < -0.4 is 5.32 Å². The first-order chi connectivity index (χ1) is 7.25. The molecule has 1 aromatic heterocycles. The van der Waals surface area contributed by atoms with E-state index in [0.29, 0.717) is 11.8 Å². The Morgan fingerprint density at radius 2 is 2.40 bits per heavy atom. The highest BCUT2D eigenvalue weighted by atomic mass is 16.5. The molecule has 0 amide bonds. The van der Waals surface area contributed by atoms with Crippen LogP contribution in [0.3, 0.4) is 0 Å². The minimum atomic E-state index is 0.448. The summed E-state index contributed by atoms with van der Waals surface area (Å²) < 4.78 is 5.24. The highest BCUT2D eigenvalue weighted by Crippen LogP contribution is 2.20. The zero-order valence-electron chi connectivity index (χ0n) is 9.49. The predicted octanol–water partition coefficient (Wildman–Crippen LogP) is 1.74. The van der Waals surface area contributed by atoms with Gasteiger partial charge >= 0.3 is 0 Å². The van der Waals surface area contributed by atoms with E-state index in [1.165, 1.54) is 12.8 Å². The molecule has 1 atom stereocenters. The summed E-state index contributed by atoms with van der Waals surface area (Å²) in [5.41, 5.74) is 0. The van der Waals surface area contributed by atoms with Crippen molar-refractivity contribution in [3.8, 4) is 0 Å². The summed E-state index contributed by atoms with van der Waals surface area (Å²) in [7, 11) is 0. The molecule has 1 aromatic rings. The van der Waals surface area contributed by atoms with Gasteiger partial charge in [-0.2, -0.15) is 4.98 Å². The molecule has 0 spiro atoms. The molecule has 2 rings (SSSR count). The second-order valence-corrected chi connectivity index (χ2v) is 4.69. The highest BCUT2D eigenvalue weighted by molar-refractivity contribution is 4.98. The van der Waals surface area contributed by atoms with Crippen molar-refractivity contribution in [2.24, 2.45) is 5.92 Å². The fourth-order valence-corrected chi connectivity index (χ4v) is 1.94. The summed E-state index contributed by atoms with van der Waals surface area (Å²) >= 11 is 0. The van der Waals surface area contributed by atoms with Crippen LogP contribution in [0.15, 0.2) is 4.52 Å². The van der Waals surface area contributed by atoms with E-state index in [1.807, 2.05) is 0 Å². The molecule has 1 aliphatic rings. The largest absolute Gasteiger partial charge is 0.339 e. The lowest BCUT2D eigenvalue weighted by Crippen LogP contribution is -2.28. The standard InChI is InChI=1S/C11H19N3O/c1-8(2)6-10-13-11(14-15-10)9-4-3-5-12-7-9/h8-9,12H,3-7H2,1-2H3/t9-/m1/s1. The number of aromatic nitrogens is 2. The topological polar surface area (TPSA) is 51.0 Å². The Morgan fingerprint density at radius 3 is 3.07 bits per heavy atom.